The van der Waals surface area contributed by atoms with E-state index < -0.39 is 0 Å². The van der Waals surface area contributed by atoms with Crippen LogP contribution in [0.15, 0.2) is 29.2 Å². The second-order valence-electron chi connectivity index (χ2n) is 4.32. The van der Waals surface area contributed by atoms with Crippen molar-refractivity contribution in [3.63, 3.8) is 0 Å². The fraction of sp³-hybridized carbons (Fsp3) is 0.538. The van der Waals surface area contributed by atoms with Crippen LogP contribution in [0.2, 0.25) is 5.02 Å². The fourth-order valence-electron chi connectivity index (χ4n) is 2.03. The Balaban J connectivity index is 1.81. The van der Waals surface area contributed by atoms with E-state index in [1.165, 1.54) is 43.0 Å². The van der Waals surface area contributed by atoms with E-state index in [2.05, 4.69) is 17.4 Å². The first-order valence-corrected chi connectivity index (χ1v) is 7.30. The standard InChI is InChI=1S/C13H18ClNS/c14-12-4-1-5-13(9-12)16-10-11-3-2-7-15-8-6-11/h1,4-5,9,11,15H,2-3,6-8,10H2. The molecule has 0 spiro atoms. The number of hydrogen-bond acceptors (Lipinski definition) is 2. The van der Waals surface area contributed by atoms with Crippen molar-refractivity contribution >= 4 is 23.4 Å². The summed E-state index contributed by atoms with van der Waals surface area (Å²) in [7, 11) is 0. The van der Waals surface area contributed by atoms with Gasteiger partial charge in [-0.25, -0.2) is 0 Å². The molecule has 1 aromatic rings. The zero-order valence-electron chi connectivity index (χ0n) is 9.42. The van der Waals surface area contributed by atoms with Crippen LogP contribution in [0, 0.1) is 5.92 Å². The maximum atomic E-state index is 5.97. The minimum absolute atomic E-state index is 0.840. The van der Waals surface area contributed by atoms with Crippen molar-refractivity contribution < 1.29 is 0 Å². The van der Waals surface area contributed by atoms with Gasteiger partial charge in [0.05, 0.1) is 0 Å². The molecule has 1 unspecified atom stereocenters. The third-order valence-corrected chi connectivity index (χ3v) is 4.44. The maximum absolute atomic E-state index is 5.97. The normalized spacial score (nSPS) is 21.7. The summed E-state index contributed by atoms with van der Waals surface area (Å²) in [5, 5.41) is 4.29. The van der Waals surface area contributed by atoms with Crippen molar-refractivity contribution in [3.05, 3.63) is 29.3 Å². The van der Waals surface area contributed by atoms with E-state index in [9.17, 15) is 0 Å². The van der Waals surface area contributed by atoms with E-state index in [0.29, 0.717) is 0 Å². The molecule has 1 atom stereocenters. The molecule has 1 fully saturated rings. The topological polar surface area (TPSA) is 12.0 Å². The van der Waals surface area contributed by atoms with Crippen molar-refractivity contribution in [2.45, 2.75) is 24.2 Å². The quantitative estimate of drug-likeness (QED) is 0.824. The van der Waals surface area contributed by atoms with Gasteiger partial charge in [-0.05, 0) is 56.5 Å². The maximum Gasteiger partial charge on any atom is 0.0417 e. The fourth-order valence-corrected chi connectivity index (χ4v) is 3.43. The summed E-state index contributed by atoms with van der Waals surface area (Å²) in [5.74, 6) is 2.08. The van der Waals surface area contributed by atoms with Crippen molar-refractivity contribution in [3.8, 4) is 0 Å². The number of hydrogen-bond donors (Lipinski definition) is 1. The summed E-state index contributed by atoms with van der Waals surface area (Å²) in [6.07, 6.45) is 3.99. The summed E-state index contributed by atoms with van der Waals surface area (Å²) in [4.78, 5) is 1.30. The highest BCUT2D eigenvalue weighted by atomic mass is 35.5. The molecule has 0 bridgehead atoms. The molecule has 0 aromatic heterocycles. The Morgan fingerprint density at radius 3 is 3.12 bits per heavy atom. The van der Waals surface area contributed by atoms with Gasteiger partial charge >= 0.3 is 0 Å². The first-order valence-electron chi connectivity index (χ1n) is 5.94. The van der Waals surface area contributed by atoms with Crippen LogP contribution in [-0.2, 0) is 0 Å². The van der Waals surface area contributed by atoms with Crippen LogP contribution in [0.1, 0.15) is 19.3 Å². The summed E-state index contributed by atoms with van der Waals surface area (Å²) in [5.41, 5.74) is 0. The Kier molecular flexibility index (Phi) is 5.01. The lowest BCUT2D eigenvalue weighted by Crippen LogP contribution is -2.14. The van der Waals surface area contributed by atoms with Crippen molar-refractivity contribution in [2.24, 2.45) is 5.92 Å². The van der Waals surface area contributed by atoms with E-state index >= 15 is 0 Å². The number of rotatable bonds is 3. The van der Waals surface area contributed by atoms with E-state index in [0.717, 1.165) is 10.9 Å². The molecule has 0 aliphatic carbocycles. The molecule has 1 aromatic carbocycles. The lowest BCUT2D eigenvalue weighted by molar-refractivity contribution is 0.528. The molecular weight excluding hydrogens is 238 g/mol. The van der Waals surface area contributed by atoms with Crippen molar-refractivity contribution in [1.82, 2.24) is 5.32 Å². The highest BCUT2D eigenvalue weighted by Crippen LogP contribution is 2.26. The lowest BCUT2D eigenvalue weighted by atomic mass is 10.0. The van der Waals surface area contributed by atoms with Gasteiger partial charge < -0.3 is 5.32 Å². The molecule has 1 saturated heterocycles. The predicted octanol–water partition coefficient (Wildman–Crippen LogP) is 3.82. The largest absolute Gasteiger partial charge is 0.317 e. The predicted molar refractivity (Wildman–Crippen MR) is 72.4 cm³/mol. The molecular formula is C13H18ClNS. The summed E-state index contributed by atoms with van der Waals surface area (Å²) < 4.78 is 0. The molecule has 1 nitrogen and oxygen atoms in total. The van der Waals surface area contributed by atoms with Crippen LogP contribution in [0.3, 0.4) is 0 Å². The van der Waals surface area contributed by atoms with Crippen LogP contribution < -0.4 is 5.32 Å². The molecule has 0 saturated carbocycles. The molecule has 88 valence electrons. The molecule has 1 aliphatic rings. The Morgan fingerprint density at radius 1 is 1.31 bits per heavy atom. The van der Waals surface area contributed by atoms with Gasteiger partial charge in [-0.15, -0.1) is 11.8 Å². The van der Waals surface area contributed by atoms with Crippen molar-refractivity contribution in [2.75, 3.05) is 18.8 Å². The van der Waals surface area contributed by atoms with Crippen molar-refractivity contribution in [1.29, 1.82) is 0 Å². The molecule has 3 heteroatoms. The zero-order valence-corrected chi connectivity index (χ0v) is 11.0. The second kappa shape index (κ2) is 6.53. The minimum atomic E-state index is 0.840. The highest BCUT2D eigenvalue weighted by molar-refractivity contribution is 7.99. The third-order valence-electron chi connectivity index (χ3n) is 2.98. The van der Waals surface area contributed by atoms with Crippen LogP contribution in [0.4, 0.5) is 0 Å². The van der Waals surface area contributed by atoms with Gasteiger partial charge in [-0.1, -0.05) is 17.7 Å². The van der Waals surface area contributed by atoms with Crippen LogP contribution >= 0.6 is 23.4 Å². The van der Waals surface area contributed by atoms with Gasteiger partial charge in [-0.2, -0.15) is 0 Å². The van der Waals surface area contributed by atoms with E-state index in [1.807, 2.05) is 23.9 Å². The Labute approximate surface area is 107 Å². The molecule has 0 radical (unpaired) electrons. The summed E-state index contributed by atoms with van der Waals surface area (Å²) in [6.45, 7) is 2.37. The molecule has 1 heterocycles. The van der Waals surface area contributed by atoms with Gasteiger partial charge in [0.1, 0.15) is 0 Å². The monoisotopic (exact) mass is 255 g/mol. The number of thioether (sulfide) groups is 1. The lowest BCUT2D eigenvalue weighted by Gasteiger charge is -2.12. The van der Waals surface area contributed by atoms with E-state index in [1.54, 1.807) is 0 Å². The molecule has 1 N–H and O–H groups in total. The highest BCUT2D eigenvalue weighted by Gasteiger charge is 2.11. The van der Waals surface area contributed by atoms with Crippen LogP contribution in [-0.4, -0.2) is 18.8 Å². The van der Waals surface area contributed by atoms with E-state index in [-0.39, 0.29) is 0 Å². The zero-order chi connectivity index (χ0) is 11.2. The van der Waals surface area contributed by atoms with Crippen LogP contribution in [0.25, 0.3) is 0 Å². The first kappa shape index (κ1) is 12.3. The van der Waals surface area contributed by atoms with Gasteiger partial charge in [0.2, 0.25) is 0 Å². The van der Waals surface area contributed by atoms with Gasteiger partial charge in [0.15, 0.2) is 0 Å². The Hall–Kier alpha value is -0.180. The second-order valence-corrected chi connectivity index (χ2v) is 5.85. The number of benzene rings is 1. The van der Waals surface area contributed by atoms with Gasteiger partial charge in [0.25, 0.3) is 0 Å². The molecule has 16 heavy (non-hydrogen) atoms. The smallest absolute Gasteiger partial charge is 0.0417 e. The Morgan fingerprint density at radius 2 is 2.25 bits per heavy atom. The average Bonchev–Trinajstić information content (AvgIpc) is 2.55. The first-order chi connectivity index (χ1) is 7.84. The SMILES string of the molecule is Clc1cccc(SCC2CCCNCC2)c1. The third kappa shape index (κ3) is 4.00. The van der Waals surface area contributed by atoms with Gasteiger partial charge in [-0.3, -0.25) is 0 Å². The van der Waals surface area contributed by atoms with E-state index in [4.69, 9.17) is 11.6 Å². The number of halogens is 1. The molecule has 2 rings (SSSR count). The Bertz CT molecular complexity index is 321. The summed E-state index contributed by atoms with van der Waals surface area (Å²) >= 11 is 7.91. The van der Waals surface area contributed by atoms with Gasteiger partial charge in [0, 0.05) is 15.7 Å². The number of nitrogens with one attached hydrogen (secondary N) is 1. The van der Waals surface area contributed by atoms with Crippen LogP contribution in [0.5, 0.6) is 0 Å². The molecule has 1 aliphatic heterocycles. The average molecular weight is 256 g/mol. The molecule has 0 amide bonds. The summed E-state index contributed by atoms with van der Waals surface area (Å²) in [6, 6.07) is 8.16. The minimum Gasteiger partial charge on any atom is -0.317 e.